The van der Waals surface area contributed by atoms with Crippen molar-refractivity contribution in [3.8, 4) is 0 Å². The molecule has 2 aromatic heterocycles. The summed E-state index contributed by atoms with van der Waals surface area (Å²) < 4.78 is 12.7. The van der Waals surface area contributed by atoms with E-state index in [-0.39, 0.29) is 29.4 Å². The van der Waals surface area contributed by atoms with E-state index in [1.54, 1.807) is 18.0 Å². The van der Waals surface area contributed by atoms with Gasteiger partial charge in [0.15, 0.2) is 11.2 Å². The minimum Gasteiger partial charge on any atom is -0.382 e. The molecular formula is C11H15N5O3. The predicted molar refractivity (Wildman–Crippen MR) is 67.6 cm³/mol. The van der Waals surface area contributed by atoms with Crippen LogP contribution in [0.1, 0.15) is 19.1 Å². The first-order chi connectivity index (χ1) is 9.19. The number of methoxy groups -OCH3 is 1. The van der Waals surface area contributed by atoms with Crippen molar-refractivity contribution < 1.29 is 9.47 Å². The van der Waals surface area contributed by atoms with Gasteiger partial charge in [-0.2, -0.15) is 4.98 Å². The molecule has 0 unspecified atom stereocenters. The number of H-pyrrole nitrogens is 1. The second-order valence-corrected chi connectivity index (χ2v) is 4.52. The van der Waals surface area contributed by atoms with Crippen LogP contribution in [0.25, 0.3) is 11.2 Å². The average molecular weight is 265 g/mol. The Morgan fingerprint density at radius 2 is 2.47 bits per heavy atom. The molecule has 2 aromatic rings. The number of hydrogen-bond acceptors (Lipinski definition) is 6. The van der Waals surface area contributed by atoms with E-state index in [0.717, 1.165) is 12.8 Å². The summed E-state index contributed by atoms with van der Waals surface area (Å²) in [6.07, 6.45) is 3.17. The van der Waals surface area contributed by atoms with Crippen LogP contribution in [-0.2, 0) is 9.47 Å². The van der Waals surface area contributed by atoms with Gasteiger partial charge in [0.05, 0.1) is 19.0 Å². The van der Waals surface area contributed by atoms with Gasteiger partial charge in [-0.3, -0.25) is 14.3 Å². The van der Waals surface area contributed by atoms with Crippen LogP contribution in [0.4, 0.5) is 5.95 Å². The number of imidazole rings is 1. The number of hydrogen-bond donors (Lipinski definition) is 2. The third-order valence-electron chi connectivity index (χ3n) is 3.20. The summed E-state index contributed by atoms with van der Waals surface area (Å²) in [5.74, 6) is 0.0747. The van der Waals surface area contributed by atoms with Crippen LogP contribution in [0.15, 0.2) is 11.1 Å². The summed E-state index contributed by atoms with van der Waals surface area (Å²) in [6.45, 7) is 0.555. The van der Waals surface area contributed by atoms with Gasteiger partial charge < -0.3 is 15.2 Å². The molecule has 2 atom stereocenters. The molecule has 19 heavy (non-hydrogen) atoms. The first-order valence-corrected chi connectivity index (χ1v) is 6.05. The molecule has 0 spiro atoms. The monoisotopic (exact) mass is 265 g/mol. The molecule has 0 amide bonds. The molecule has 1 fully saturated rings. The molecule has 1 aliphatic rings. The summed E-state index contributed by atoms with van der Waals surface area (Å²) in [4.78, 5) is 22.3. The van der Waals surface area contributed by atoms with Crippen molar-refractivity contribution in [2.24, 2.45) is 0 Å². The van der Waals surface area contributed by atoms with Gasteiger partial charge in [0.2, 0.25) is 5.95 Å². The number of anilines is 1. The number of rotatable bonds is 3. The van der Waals surface area contributed by atoms with E-state index in [0.29, 0.717) is 12.3 Å². The lowest BCUT2D eigenvalue weighted by molar-refractivity contribution is -0.0300. The van der Waals surface area contributed by atoms with Gasteiger partial charge in [0.1, 0.15) is 6.23 Å². The summed E-state index contributed by atoms with van der Waals surface area (Å²) in [5.41, 5.74) is 5.94. The predicted octanol–water partition coefficient (Wildman–Crippen LogP) is 0.0258. The molecule has 1 saturated heterocycles. The van der Waals surface area contributed by atoms with Crippen molar-refractivity contribution in [3.05, 3.63) is 16.7 Å². The summed E-state index contributed by atoms with van der Waals surface area (Å²) in [6, 6.07) is 0. The highest BCUT2D eigenvalue weighted by molar-refractivity contribution is 5.70. The fraction of sp³-hybridized carbons (Fsp3) is 0.545. The number of aromatic amines is 1. The second-order valence-electron chi connectivity index (χ2n) is 4.52. The Hall–Kier alpha value is -1.93. The normalized spacial score (nSPS) is 23.2. The van der Waals surface area contributed by atoms with Gasteiger partial charge in [-0.05, 0) is 12.8 Å². The van der Waals surface area contributed by atoms with Crippen molar-refractivity contribution in [1.29, 1.82) is 0 Å². The maximum Gasteiger partial charge on any atom is 0.280 e. The van der Waals surface area contributed by atoms with Crippen molar-refractivity contribution in [3.63, 3.8) is 0 Å². The van der Waals surface area contributed by atoms with Gasteiger partial charge in [0, 0.05) is 7.11 Å². The fourth-order valence-corrected chi connectivity index (χ4v) is 2.35. The minimum atomic E-state index is -0.340. The number of aromatic nitrogens is 4. The van der Waals surface area contributed by atoms with Gasteiger partial charge in [0.25, 0.3) is 5.56 Å². The van der Waals surface area contributed by atoms with Crippen molar-refractivity contribution >= 4 is 17.1 Å². The Labute approximate surface area is 108 Å². The topological polar surface area (TPSA) is 108 Å². The van der Waals surface area contributed by atoms with E-state index in [2.05, 4.69) is 15.0 Å². The van der Waals surface area contributed by atoms with E-state index < -0.39 is 0 Å². The summed E-state index contributed by atoms with van der Waals surface area (Å²) in [7, 11) is 1.64. The van der Waals surface area contributed by atoms with Crippen LogP contribution in [-0.4, -0.2) is 39.3 Å². The maximum atomic E-state index is 11.7. The van der Waals surface area contributed by atoms with E-state index in [4.69, 9.17) is 15.2 Å². The lowest BCUT2D eigenvalue weighted by Gasteiger charge is -2.14. The highest BCUT2D eigenvalue weighted by atomic mass is 16.5. The second kappa shape index (κ2) is 4.63. The minimum absolute atomic E-state index is 0.0618. The van der Waals surface area contributed by atoms with Crippen molar-refractivity contribution in [2.75, 3.05) is 19.5 Å². The standard InChI is InChI=1S/C11H15N5O3/c1-18-4-6-2-3-7(19-6)16-5-13-8-9(16)14-11(12)15-10(8)17/h5-7H,2-4H2,1H3,(H3,12,14,15,17)/t6-,7-/m0/s1. The van der Waals surface area contributed by atoms with Gasteiger partial charge in [-0.15, -0.1) is 0 Å². The zero-order valence-corrected chi connectivity index (χ0v) is 10.5. The third-order valence-corrected chi connectivity index (χ3v) is 3.20. The van der Waals surface area contributed by atoms with Crippen LogP contribution >= 0.6 is 0 Å². The molecule has 0 saturated carbocycles. The lowest BCUT2D eigenvalue weighted by atomic mass is 10.2. The Balaban J connectivity index is 1.96. The number of nitrogens with two attached hydrogens (primary N) is 1. The van der Waals surface area contributed by atoms with E-state index in [1.165, 1.54) is 0 Å². The molecule has 3 N–H and O–H groups in total. The van der Waals surface area contributed by atoms with Gasteiger partial charge in [-0.25, -0.2) is 4.98 Å². The molecule has 8 heteroatoms. The summed E-state index contributed by atoms with van der Waals surface area (Å²) >= 11 is 0. The van der Waals surface area contributed by atoms with Gasteiger partial charge in [-0.1, -0.05) is 0 Å². The van der Waals surface area contributed by atoms with E-state index in [9.17, 15) is 4.79 Å². The van der Waals surface area contributed by atoms with Crippen LogP contribution in [0.5, 0.6) is 0 Å². The molecule has 3 rings (SSSR count). The Morgan fingerprint density at radius 3 is 3.26 bits per heavy atom. The Kier molecular flexibility index (Phi) is 2.96. The number of nitrogens with zero attached hydrogens (tertiary/aromatic N) is 3. The Bertz CT molecular complexity index is 649. The largest absolute Gasteiger partial charge is 0.382 e. The number of nitrogen functional groups attached to an aromatic ring is 1. The molecule has 0 aliphatic carbocycles. The molecule has 3 heterocycles. The van der Waals surface area contributed by atoms with Crippen LogP contribution < -0.4 is 11.3 Å². The smallest absolute Gasteiger partial charge is 0.280 e. The molecule has 1 aliphatic heterocycles. The first-order valence-electron chi connectivity index (χ1n) is 6.05. The molecule has 0 bridgehead atoms. The van der Waals surface area contributed by atoms with Crippen LogP contribution in [0.3, 0.4) is 0 Å². The molecule has 8 nitrogen and oxygen atoms in total. The quantitative estimate of drug-likeness (QED) is 0.810. The van der Waals surface area contributed by atoms with Crippen LogP contribution in [0, 0.1) is 0 Å². The first kappa shape index (κ1) is 12.1. The SMILES string of the molecule is COC[C@@H]1CC[C@@H](n2cnc3c(=O)[nH]c(N)nc32)O1. The molecule has 0 radical (unpaired) electrons. The van der Waals surface area contributed by atoms with Gasteiger partial charge >= 0.3 is 0 Å². The molecular weight excluding hydrogens is 250 g/mol. The van der Waals surface area contributed by atoms with Crippen LogP contribution in [0.2, 0.25) is 0 Å². The zero-order chi connectivity index (χ0) is 13.4. The maximum absolute atomic E-state index is 11.7. The molecule has 0 aromatic carbocycles. The fourth-order valence-electron chi connectivity index (χ4n) is 2.35. The van der Waals surface area contributed by atoms with E-state index >= 15 is 0 Å². The van der Waals surface area contributed by atoms with Crippen molar-refractivity contribution in [2.45, 2.75) is 25.2 Å². The average Bonchev–Trinajstić information content (AvgIpc) is 2.95. The number of nitrogens with one attached hydrogen (secondary N) is 1. The summed E-state index contributed by atoms with van der Waals surface area (Å²) in [5, 5.41) is 0. The molecule has 102 valence electrons. The zero-order valence-electron chi connectivity index (χ0n) is 10.5. The number of fused-ring (bicyclic) bond motifs is 1. The highest BCUT2D eigenvalue weighted by Crippen LogP contribution is 2.29. The third kappa shape index (κ3) is 2.08. The van der Waals surface area contributed by atoms with Crippen molar-refractivity contribution in [1.82, 2.24) is 19.5 Å². The van der Waals surface area contributed by atoms with E-state index in [1.807, 2.05) is 0 Å². The Morgan fingerprint density at radius 1 is 1.63 bits per heavy atom. The highest BCUT2D eigenvalue weighted by Gasteiger charge is 2.28. The lowest BCUT2D eigenvalue weighted by Crippen LogP contribution is -2.16. The number of ether oxygens (including phenoxy) is 2.